The minimum atomic E-state index is -0.522. The van der Waals surface area contributed by atoms with Gasteiger partial charge in [0.1, 0.15) is 11.5 Å². The molecule has 1 amide bonds. The summed E-state index contributed by atoms with van der Waals surface area (Å²) in [6.45, 7) is 1.74. The lowest BCUT2D eigenvalue weighted by molar-refractivity contribution is 0.0997. The molecule has 0 saturated carbocycles. The molecule has 70 valence electrons. The number of nitrogens with zero attached hydrogens (tertiary/aromatic N) is 2. The van der Waals surface area contributed by atoms with E-state index in [2.05, 4.69) is 9.97 Å². The molecule has 1 aromatic carbocycles. The summed E-state index contributed by atoms with van der Waals surface area (Å²) in [6, 6.07) is 7.30. The Kier molecular flexibility index (Phi) is 1.89. The Morgan fingerprint density at radius 1 is 1.29 bits per heavy atom. The van der Waals surface area contributed by atoms with Crippen molar-refractivity contribution in [3.63, 3.8) is 0 Å². The maximum atomic E-state index is 11.1. The molecule has 2 N–H and O–H groups in total. The summed E-state index contributed by atoms with van der Waals surface area (Å²) >= 11 is 0. The molecule has 0 unspecified atom stereocenters. The lowest BCUT2D eigenvalue weighted by Crippen LogP contribution is -2.14. The van der Waals surface area contributed by atoms with Crippen molar-refractivity contribution < 1.29 is 4.79 Å². The summed E-state index contributed by atoms with van der Waals surface area (Å²) in [7, 11) is 0. The zero-order valence-electron chi connectivity index (χ0n) is 7.69. The Balaban J connectivity index is 2.87. The average Bonchev–Trinajstić information content (AvgIpc) is 2.16. The molecular formula is C10H9N3O. The zero-order valence-corrected chi connectivity index (χ0v) is 7.69. The number of hydrogen-bond acceptors (Lipinski definition) is 3. The van der Waals surface area contributed by atoms with E-state index in [0.717, 1.165) is 5.52 Å². The molecule has 0 atom stereocenters. The van der Waals surface area contributed by atoms with Crippen LogP contribution in [-0.2, 0) is 0 Å². The highest BCUT2D eigenvalue weighted by molar-refractivity contribution is 6.03. The number of aromatic nitrogens is 2. The summed E-state index contributed by atoms with van der Waals surface area (Å²) in [5, 5.41) is 0.700. The predicted molar refractivity (Wildman–Crippen MR) is 52.8 cm³/mol. The van der Waals surface area contributed by atoms with Crippen molar-refractivity contribution in [3.8, 4) is 0 Å². The fraction of sp³-hybridized carbons (Fsp3) is 0.100. The number of carbonyl (C=O) groups is 1. The third-order valence-electron chi connectivity index (χ3n) is 1.95. The number of para-hydroxylation sites is 1. The van der Waals surface area contributed by atoms with Gasteiger partial charge in [-0.2, -0.15) is 0 Å². The van der Waals surface area contributed by atoms with Gasteiger partial charge in [0, 0.05) is 5.39 Å². The minimum absolute atomic E-state index is 0.285. The normalized spacial score (nSPS) is 10.4. The number of carbonyl (C=O) groups excluding carboxylic acids is 1. The van der Waals surface area contributed by atoms with Crippen LogP contribution < -0.4 is 5.73 Å². The van der Waals surface area contributed by atoms with Gasteiger partial charge < -0.3 is 5.73 Å². The quantitative estimate of drug-likeness (QED) is 0.725. The molecule has 0 spiro atoms. The van der Waals surface area contributed by atoms with Gasteiger partial charge in [-0.3, -0.25) is 4.79 Å². The predicted octanol–water partition coefficient (Wildman–Crippen LogP) is 1.04. The fourth-order valence-electron chi connectivity index (χ4n) is 1.38. The lowest BCUT2D eigenvalue weighted by atomic mass is 10.2. The Bertz CT molecular complexity index is 508. The van der Waals surface area contributed by atoms with Crippen LogP contribution in [-0.4, -0.2) is 15.9 Å². The zero-order chi connectivity index (χ0) is 10.1. The second-order valence-electron chi connectivity index (χ2n) is 3.00. The van der Waals surface area contributed by atoms with Gasteiger partial charge in [-0.15, -0.1) is 0 Å². The number of rotatable bonds is 1. The van der Waals surface area contributed by atoms with Crippen LogP contribution in [0.15, 0.2) is 24.3 Å². The highest BCUT2D eigenvalue weighted by atomic mass is 16.1. The minimum Gasteiger partial charge on any atom is -0.364 e. The Morgan fingerprint density at radius 3 is 2.71 bits per heavy atom. The maximum Gasteiger partial charge on any atom is 0.268 e. The molecule has 2 rings (SSSR count). The Hall–Kier alpha value is -1.97. The van der Waals surface area contributed by atoms with Crippen LogP contribution in [0.2, 0.25) is 0 Å². The number of aryl methyl sites for hydroxylation is 1. The van der Waals surface area contributed by atoms with Crippen molar-refractivity contribution in [3.05, 3.63) is 35.8 Å². The van der Waals surface area contributed by atoms with Crippen molar-refractivity contribution in [2.45, 2.75) is 6.92 Å². The molecule has 0 aliphatic rings. The number of primary amides is 1. The van der Waals surface area contributed by atoms with Gasteiger partial charge >= 0.3 is 0 Å². The number of nitrogens with two attached hydrogens (primary N) is 1. The highest BCUT2D eigenvalue weighted by Gasteiger charge is 2.09. The molecule has 0 fully saturated rings. The van der Waals surface area contributed by atoms with Crippen LogP contribution in [0.5, 0.6) is 0 Å². The van der Waals surface area contributed by atoms with Crippen molar-refractivity contribution >= 4 is 16.8 Å². The third-order valence-corrected chi connectivity index (χ3v) is 1.95. The number of hydrogen-bond donors (Lipinski definition) is 1. The SMILES string of the molecule is Cc1nc(C(N)=O)c2ccccc2n1. The van der Waals surface area contributed by atoms with E-state index in [1.54, 1.807) is 13.0 Å². The lowest BCUT2D eigenvalue weighted by Gasteiger charge is -2.02. The number of amides is 1. The monoisotopic (exact) mass is 187 g/mol. The van der Waals surface area contributed by atoms with Crippen LogP contribution in [0.4, 0.5) is 0 Å². The van der Waals surface area contributed by atoms with E-state index in [1.165, 1.54) is 0 Å². The maximum absolute atomic E-state index is 11.1. The van der Waals surface area contributed by atoms with Gasteiger partial charge in [0.15, 0.2) is 0 Å². The van der Waals surface area contributed by atoms with Gasteiger partial charge in [0.05, 0.1) is 5.52 Å². The number of benzene rings is 1. The molecule has 1 heterocycles. The van der Waals surface area contributed by atoms with Crippen molar-refractivity contribution in [1.29, 1.82) is 0 Å². The molecule has 4 nitrogen and oxygen atoms in total. The van der Waals surface area contributed by atoms with E-state index in [9.17, 15) is 4.79 Å². The van der Waals surface area contributed by atoms with Crippen molar-refractivity contribution in [2.24, 2.45) is 5.73 Å². The van der Waals surface area contributed by atoms with Gasteiger partial charge in [-0.05, 0) is 13.0 Å². The molecule has 0 bridgehead atoms. The van der Waals surface area contributed by atoms with Gasteiger partial charge in [-0.1, -0.05) is 18.2 Å². The molecule has 14 heavy (non-hydrogen) atoms. The van der Waals surface area contributed by atoms with Gasteiger partial charge in [-0.25, -0.2) is 9.97 Å². The van der Waals surface area contributed by atoms with E-state index < -0.39 is 5.91 Å². The largest absolute Gasteiger partial charge is 0.364 e. The van der Waals surface area contributed by atoms with Crippen LogP contribution in [0, 0.1) is 6.92 Å². The second-order valence-corrected chi connectivity index (χ2v) is 3.00. The first-order valence-electron chi connectivity index (χ1n) is 4.21. The summed E-state index contributed by atoms with van der Waals surface area (Å²) in [6.07, 6.45) is 0. The van der Waals surface area contributed by atoms with Crippen molar-refractivity contribution in [2.75, 3.05) is 0 Å². The Labute approximate surface area is 80.8 Å². The smallest absolute Gasteiger partial charge is 0.268 e. The molecule has 0 aliphatic heterocycles. The van der Waals surface area contributed by atoms with E-state index >= 15 is 0 Å². The summed E-state index contributed by atoms with van der Waals surface area (Å²) in [5.41, 5.74) is 6.25. The molecule has 0 aliphatic carbocycles. The van der Waals surface area contributed by atoms with E-state index in [-0.39, 0.29) is 5.69 Å². The Morgan fingerprint density at radius 2 is 2.00 bits per heavy atom. The third kappa shape index (κ3) is 1.31. The topological polar surface area (TPSA) is 68.9 Å². The molecular weight excluding hydrogens is 178 g/mol. The molecule has 0 saturated heterocycles. The first-order chi connectivity index (χ1) is 6.68. The molecule has 4 heteroatoms. The highest BCUT2D eigenvalue weighted by Crippen LogP contribution is 2.14. The second kappa shape index (κ2) is 3.06. The van der Waals surface area contributed by atoms with Crippen molar-refractivity contribution in [1.82, 2.24) is 9.97 Å². The van der Waals surface area contributed by atoms with E-state index in [1.807, 2.05) is 18.2 Å². The van der Waals surface area contributed by atoms with Crippen LogP contribution in [0.1, 0.15) is 16.3 Å². The van der Waals surface area contributed by atoms with E-state index in [0.29, 0.717) is 11.2 Å². The van der Waals surface area contributed by atoms with Crippen LogP contribution in [0.25, 0.3) is 10.9 Å². The van der Waals surface area contributed by atoms with Crippen LogP contribution in [0.3, 0.4) is 0 Å². The van der Waals surface area contributed by atoms with E-state index in [4.69, 9.17) is 5.73 Å². The van der Waals surface area contributed by atoms with Gasteiger partial charge in [0.2, 0.25) is 0 Å². The first-order valence-corrected chi connectivity index (χ1v) is 4.21. The summed E-state index contributed by atoms with van der Waals surface area (Å²) in [5.74, 6) is 0.0317. The standard InChI is InChI=1S/C10H9N3O/c1-6-12-8-5-3-2-4-7(8)9(13-6)10(11)14/h2-5H,1H3,(H2,11,14). The van der Waals surface area contributed by atoms with Crippen LogP contribution >= 0.6 is 0 Å². The fourth-order valence-corrected chi connectivity index (χ4v) is 1.38. The average molecular weight is 187 g/mol. The molecule has 0 radical (unpaired) electrons. The molecule has 1 aromatic heterocycles. The number of fused-ring (bicyclic) bond motifs is 1. The molecule has 2 aromatic rings. The summed E-state index contributed by atoms with van der Waals surface area (Å²) in [4.78, 5) is 19.3. The summed E-state index contributed by atoms with van der Waals surface area (Å²) < 4.78 is 0. The first kappa shape index (κ1) is 8.62. The van der Waals surface area contributed by atoms with Gasteiger partial charge in [0.25, 0.3) is 5.91 Å².